The van der Waals surface area contributed by atoms with Crippen LogP contribution < -0.4 is 20.7 Å². The van der Waals surface area contributed by atoms with Gasteiger partial charge in [0.25, 0.3) is 0 Å². The molecule has 0 aliphatic rings. The molecule has 0 spiro atoms. The normalized spacial score (nSPS) is 11.6. The van der Waals surface area contributed by atoms with Crippen molar-refractivity contribution >= 4 is 27.7 Å². The van der Waals surface area contributed by atoms with Gasteiger partial charge in [-0.1, -0.05) is 6.07 Å². The third-order valence-electron chi connectivity index (χ3n) is 3.06. The Kier molecular flexibility index (Phi) is 7.90. The molecule has 1 aromatic rings. The maximum atomic E-state index is 11.7. The number of ether oxygens (including phenoxy) is 1. The summed E-state index contributed by atoms with van der Waals surface area (Å²) in [6.07, 6.45) is 0. The number of halogens is 1. The smallest absolute Gasteiger partial charge is 0.239 e. The average molecular weight is 372 g/mol. The Morgan fingerprint density at radius 2 is 1.91 bits per heavy atom. The Bertz CT molecular complexity index is 523. The SMILES string of the molecule is CCNC(=O)CNC(=O)CN[C@H](C)c1ccc(OC)c(Br)c1. The lowest BCUT2D eigenvalue weighted by Gasteiger charge is -2.15. The number of nitrogens with one attached hydrogen (secondary N) is 3. The second kappa shape index (κ2) is 9.42. The van der Waals surface area contributed by atoms with Crippen molar-refractivity contribution in [2.24, 2.45) is 0 Å². The van der Waals surface area contributed by atoms with Crippen molar-refractivity contribution in [3.63, 3.8) is 0 Å². The maximum Gasteiger partial charge on any atom is 0.239 e. The molecule has 6 nitrogen and oxygen atoms in total. The van der Waals surface area contributed by atoms with E-state index in [0.29, 0.717) is 6.54 Å². The number of hydrogen-bond acceptors (Lipinski definition) is 4. The van der Waals surface area contributed by atoms with E-state index in [0.717, 1.165) is 15.8 Å². The molecule has 7 heteroatoms. The second-order valence-corrected chi connectivity index (χ2v) is 5.58. The highest BCUT2D eigenvalue weighted by Gasteiger charge is 2.10. The Morgan fingerprint density at radius 3 is 2.50 bits per heavy atom. The zero-order chi connectivity index (χ0) is 16.5. The molecule has 22 heavy (non-hydrogen) atoms. The lowest BCUT2D eigenvalue weighted by atomic mass is 10.1. The van der Waals surface area contributed by atoms with Crippen molar-refractivity contribution in [2.45, 2.75) is 19.9 Å². The van der Waals surface area contributed by atoms with E-state index in [-0.39, 0.29) is 30.9 Å². The quantitative estimate of drug-likeness (QED) is 0.644. The molecule has 0 unspecified atom stereocenters. The van der Waals surface area contributed by atoms with Crippen molar-refractivity contribution in [1.29, 1.82) is 0 Å². The molecule has 1 atom stereocenters. The van der Waals surface area contributed by atoms with E-state index in [1.807, 2.05) is 32.0 Å². The first-order valence-corrected chi connectivity index (χ1v) is 7.87. The number of likely N-dealkylation sites (N-methyl/N-ethyl adjacent to an activating group) is 1. The second-order valence-electron chi connectivity index (χ2n) is 4.73. The summed E-state index contributed by atoms with van der Waals surface area (Å²) in [5.41, 5.74) is 1.03. The minimum Gasteiger partial charge on any atom is -0.496 e. The summed E-state index contributed by atoms with van der Waals surface area (Å²) < 4.78 is 6.05. The van der Waals surface area contributed by atoms with Crippen LogP contribution in [0.3, 0.4) is 0 Å². The molecule has 0 fully saturated rings. The lowest BCUT2D eigenvalue weighted by Crippen LogP contribution is -2.41. The monoisotopic (exact) mass is 371 g/mol. The molecule has 0 aliphatic heterocycles. The highest BCUT2D eigenvalue weighted by Crippen LogP contribution is 2.27. The van der Waals surface area contributed by atoms with E-state index in [9.17, 15) is 9.59 Å². The molecule has 0 bridgehead atoms. The number of benzene rings is 1. The number of carbonyl (C=O) groups excluding carboxylic acids is 2. The largest absolute Gasteiger partial charge is 0.496 e. The van der Waals surface area contributed by atoms with Gasteiger partial charge < -0.3 is 20.7 Å². The molecular weight excluding hydrogens is 350 g/mol. The van der Waals surface area contributed by atoms with Crippen molar-refractivity contribution in [3.8, 4) is 5.75 Å². The number of amides is 2. The summed E-state index contributed by atoms with van der Waals surface area (Å²) in [4.78, 5) is 22.9. The summed E-state index contributed by atoms with van der Waals surface area (Å²) in [6.45, 7) is 4.48. The fourth-order valence-electron chi connectivity index (χ4n) is 1.82. The van der Waals surface area contributed by atoms with Gasteiger partial charge in [-0.25, -0.2) is 0 Å². The molecule has 122 valence electrons. The Balaban J connectivity index is 2.42. The molecular formula is C15H22BrN3O3. The molecule has 1 rings (SSSR count). The Morgan fingerprint density at radius 1 is 1.23 bits per heavy atom. The van der Waals surface area contributed by atoms with Gasteiger partial charge in [0.05, 0.1) is 24.7 Å². The van der Waals surface area contributed by atoms with Crippen molar-refractivity contribution < 1.29 is 14.3 Å². The van der Waals surface area contributed by atoms with Crippen LogP contribution in [0.25, 0.3) is 0 Å². The highest BCUT2D eigenvalue weighted by atomic mass is 79.9. The molecule has 1 aromatic carbocycles. The zero-order valence-electron chi connectivity index (χ0n) is 13.0. The Labute approximate surface area is 139 Å². The number of carbonyl (C=O) groups is 2. The third-order valence-corrected chi connectivity index (χ3v) is 3.68. The first-order chi connectivity index (χ1) is 10.5. The van der Waals surface area contributed by atoms with Gasteiger partial charge in [0.15, 0.2) is 0 Å². The first kappa shape index (κ1) is 18.4. The van der Waals surface area contributed by atoms with E-state index in [1.54, 1.807) is 7.11 Å². The van der Waals surface area contributed by atoms with Crippen LogP contribution in [0.2, 0.25) is 0 Å². The molecule has 0 heterocycles. The van der Waals surface area contributed by atoms with Gasteiger partial charge in [-0.15, -0.1) is 0 Å². The van der Waals surface area contributed by atoms with Crippen LogP contribution in [-0.4, -0.2) is 38.6 Å². The average Bonchev–Trinajstić information content (AvgIpc) is 2.50. The van der Waals surface area contributed by atoms with Gasteiger partial charge >= 0.3 is 0 Å². The van der Waals surface area contributed by atoms with E-state index in [2.05, 4.69) is 31.9 Å². The molecule has 0 saturated carbocycles. The van der Waals surface area contributed by atoms with Crippen LogP contribution in [0.5, 0.6) is 5.75 Å². The molecule has 0 aliphatic carbocycles. The van der Waals surface area contributed by atoms with Crippen molar-refractivity contribution in [3.05, 3.63) is 28.2 Å². The van der Waals surface area contributed by atoms with E-state index in [4.69, 9.17) is 4.74 Å². The van der Waals surface area contributed by atoms with Gasteiger partial charge in [-0.3, -0.25) is 9.59 Å². The van der Waals surface area contributed by atoms with Crippen LogP contribution in [0.15, 0.2) is 22.7 Å². The van der Waals surface area contributed by atoms with Crippen molar-refractivity contribution in [2.75, 3.05) is 26.7 Å². The van der Waals surface area contributed by atoms with Gasteiger partial charge in [-0.2, -0.15) is 0 Å². The number of methoxy groups -OCH3 is 1. The van der Waals surface area contributed by atoms with Crippen LogP contribution in [0, 0.1) is 0 Å². The standard InChI is InChI=1S/C15H22BrN3O3/c1-4-17-14(20)9-19-15(21)8-18-10(2)11-5-6-13(22-3)12(16)7-11/h5-7,10,18H,4,8-9H2,1-3H3,(H,17,20)(H,19,21)/t10-/m1/s1. The molecule has 2 amide bonds. The van der Waals surface area contributed by atoms with Crippen LogP contribution in [-0.2, 0) is 9.59 Å². The van der Waals surface area contributed by atoms with Crippen LogP contribution in [0.1, 0.15) is 25.5 Å². The van der Waals surface area contributed by atoms with Crippen molar-refractivity contribution in [1.82, 2.24) is 16.0 Å². The Hall–Kier alpha value is -1.60. The van der Waals surface area contributed by atoms with Crippen LogP contribution >= 0.6 is 15.9 Å². The minimum atomic E-state index is -0.217. The fraction of sp³-hybridized carbons (Fsp3) is 0.467. The summed E-state index contributed by atoms with van der Waals surface area (Å²) >= 11 is 3.43. The van der Waals surface area contributed by atoms with Crippen LogP contribution in [0.4, 0.5) is 0 Å². The maximum absolute atomic E-state index is 11.7. The summed E-state index contributed by atoms with van der Waals surface area (Å²) in [6, 6.07) is 5.75. The molecule has 0 radical (unpaired) electrons. The lowest BCUT2D eigenvalue weighted by molar-refractivity contribution is -0.125. The minimum absolute atomic E-state index is 0.00238. The van der Waals surface area contributed by atoms with E-state index < -0.39 is 0 Å². The summed E-state index contributed by atoms with van der Waals surface area (Å²) in [5, 5.41) is 8.29. The topological polar surface area (TPSA) is 79.5 Å². The highest BCUT2D eigenvalue weighted by molar-refractivity contribution is 9.10. The van der Waals surface area contributed by atoms with Gasteiger partial charge in [0, 0.05) is 12.6 Å². The first-order valence-electron chi connectivity index (χ1n) is 7.08. The predicted octanol–water partition coefficient (Wildman–Crippen LogP) is 1.36. The van der Waals surface area contributed by atoms with E-state index >= 15 is 0 Å². The van der Waals surface area contributed by atoms with E-state index in [1.165, 1.54) is 0 Å². The molecule has 0 saturated heterocycles. The number of hydrogen-bond donors (Lipinski definition) is 3. The fourth-order valence-corrected chi connectivity index (χ4v) is 2.38. The summed E-state index contributed by atoms with van der Waals surface area (Å²) in [5.74, 6) is 0.351. The third kappa shape index (κ3) is 6.03. The zero-order valence-corrected chi connectivity index (χ0v) is 14.6. The molecule has 3 N–H and O–H groups in total. The molecule has 0 aromatic heterocycles. The predicted molar refractivity (Wildman–Crippen MR) is 88.8 cm³/mol. The van der Waals surface area contributed by atoms with Gasteiger partial charge in [0.1, 0.15) is 5.75 Å². The summed E-state index contributed by atoms with van der Waals surface area (Å²) in [7, 11) is 1.61. The van der Waals surface area contributed by atoms with Gasteiger partial charge in [-0.05, 0) is 47.5 Å². The van der Waals surface area contributed by atoms with Gasteiger partial charge in [0.2, 0.25) is 11.8 Å². The number of rotatable bonds is 8.